The average molecular weight is 446 g/mol. The monoisotopic (exact) mass is 445 g/mol. The van der Waals surface area contributed by atoms with Gasteiger partial charge in [0.05, 0.1) is 12.2 Å². The van der Waals surface area contributed by atoms with E-state index in [2.05, 4.69) is 45.3 Å². The molecule has 0 aliphatic rings. The lowest BCUT2D eigenvalue weighted by Gasteiger charge is -2.14. The highest BCUT2D eigenvalue weighted by Crippen LogP contribution is 2.28. The first-order valence-corrected chi connectivity index (χ1v) is 10.4. The number of halogens is 1. The van der Waals surface area contributed by atoms with E-state index < -0.39 is 0 Å². The van der Waals surface area contributed by atoms with Gasteiger partial charge in [0.25, 0.3) is 5.22 Å². The Bertz CT molecular complexity index is 913. The van der Waals surface area contributed by atoms with Gasteiger partial charge in [-0.15, -0.1) is 10.2 Å². The summed E-state index contributed by atoms with van der Waals surface area (Å²) in [5.41, 5.74) is 3.02. The molecule has 0 saturated carbocycles. The number of thioether (sulfide) groups is 1. The van der Waals surface area contributed by atoms with Crippen molar-refractivity contribution in [3.05, 3.63) is 70.0 Å². The van der Waals surface area contributed by atoms with Crippen LogP contribution in [0.2, 0.25) is 0 Å². The summed E-state index contributed by atoms with van der Waals surface area (Å²) in [6.45, 7) is 4.19. The maximum Gasteiger partial charge on any atom is 0.277 e. The van der Waals surface area contributed by atoms with Crippen molar-refractivity contribution in [1.82, 2.24) is 10.2 Å². The number of benzene rings is 2. The van der Waals surface area contributed by atoms with Crippen LogP contribution < -0.4 is 5.32 Å². The van der Waals surface area contributed by atoms with Gasteiger partial charge in [-0.1, -0.05) is 71.9 Å². The molecular weight excluding hydrogens is 426 g/mol. The minimum atomic E-state index is -0.105. The number of hydrogen-bond acceptors (Lipinski definition) is 5. The fourth-order valence-corrected chi connectivity index (χ4v) is 3.54. The number of carbonyl (C=O) groups is 1. The molecule has 0 aliphatic carbocycles. The summed E-state index contributed by atoms with van der Waals surface area (Å²) < 4.78 is 6.62. The van der Waals surface area contributed by atoms with Crippen LogP contribution in [0.4, 0.5) is 5.69 Å². The molecule has 5 nitrogen and oxygen atoms in total. The summed E-state index contributed by atoms with van der Waals surface area (Å²) in [4.78, 5) is 12.3. The lowest BCUT2D eigenvalue weighted by atomic mass is 10.0. The molecule has 1 N–H and O–H groups in total. The van der Waals surface area contributed by atoms with Gasteiger partial charge in [0.1, 0.15) is 0 Å². The van der Waals surface area contributed by atoms with E-state index in [0.29, 0.717) is 23.5 Å². The molecule has 3 rings (SSSR count). The van der Waals surface area contributed by atoms with Crippen molar-refractivity contribution in [3.63, 3.8) is 0 Å². The summed E-state index contributed by atoms with van der Waals surface area (Å²) in [6, 6.07) is 15.8. The molecule has 1 aromatic heterocycles. The minimum absolute atomic E-state index is 0.105. The molecule has 1 amide bonds. The first-order chi connectivity index (χ1) is 13.0. The molecule has 0 spiro atoms. The van der Waals surface area contributed by atoms with E-state index >= 15 is 0 Å². The smallest absolute Gasteiger partial charge is 0.277 e. The quantitative estimate of drug-likeness (QED) is 0.501. The third-order valence-electron chi connectivity index (χ3n) is 3.88. The maximum atomic E-state index is 12.3. The Labute approximate surface area is 171 Å². The second-order valence-corrected chi connectivity index (χ2v) is 8.19. The van der Waals surface area contributed by atoms with Gasteiger partial charge in [0.2, 0.25) is 11.8 Å². The molecule has 0 bridgehead atoms. The maximum absolute atomic E-state index is 12.3. The lowest BCUT2D eigenvalue weighted by Crippen LogP contribution is -2.15. The molecule has 140 valence electrons. The topological polar surface area (TPSA) is 68.0 Å². The van der Waals surface area contributed by atoms with Gasteiger partial charge in [-0.25, -0.2) is 0 Å². The Hall–Kier alpha value is -2.12. The molecule has 3 aromatic rings. The van der Waals surface area contributed by atoms with Crippen LogP contribution in [-0.2, 0) is 11.2 Å². The fraction of sp³-hybridized carbons (Fsp3) is 0.250. The van der Waals surface area contributed by atoms with E-state index in [4.69, 9.17) is 4.42 Å². The van der Waals surface area contributed by atoms with Crippen molar-refractivity contribution >= 4 is 39.3 Å². The number of aromatic nitrogens is 2. The SMILES string of the molecule is CC(C)c1cc(Br)ccc1NC(=O)CSc1nnc(Cc2ccccc2)o1. The zero-order chi connectivity index (χ0) is 19.2. The minimum Gasteiger partial charge on any atom is -0.416 e. The Kier molecular flexibility index (Phi) is 6.68. The van der Waals surface area contributed by atoms with Crippen LogP contribution in [0.15, 0.2) is 62.6 Å². The van der Waals surface area contributed by atoms with Crippen LogP contribution in [0.3, 0.4) is 0 Å². The Morgan fingerprint density at radius 3 is 2.70 bits per heavy atom. The van der Waals surface area contributed by atoms with Crippen LogP contribution in [0.5, 0.6) is 0 Å². The molecule has 2 aromatic carbocycles. The lowest BCUT2D eigenvalue weighted by molar-refractivity contribution is -0.113. The molecule has 1 heterocycles. The predicted octanol–water partition coefficient (Wildman–Crippen LogP) is 5.28. The molecule has 27 heavy (non-hydrogen) atoms. The van der Waals surface area contributed by atoms with Crippen LogP contribution in [0, 0.1) is 0 Å². The summed E-state index contributed by atoms with van der Waals surface area (Å²) in [6.07, 6.45) is 0.581. The van der Waals surface area contributed by atoms with Crippen LogP contribution in [0.25, 0.3) is 0 Å². The number of carbonyl (C=O) groups excluding carboxylic acids is 1. The first-order valence-electron chi connectivity index (χ1n) is 8.59. The molecule has 7 heteroatoms. The third-order valence-corrected chi connectivity index (χ3v) is 5.19. The summed E-state index contributed by atoms with van der Waals surface area (Å²) in [5, 5.41) is 11.4. The van der Waals surface area contributed by atoms with Crippen molar-refractivity contribution < 1.29 is 9.21 Å². The molecule has 0 fully saturated rings. The van der Waals surface area contributed by atoms with Gasteiger partial charge in [-0.2, -0.15) is 0 Å². The molecule has 0 unspecified atom stereocenters. The number of nitrogens with one attached hydrogen (secondary N) is 1. The van der Waals surface area contributed by atoms with E-state index in [-0.39, 0.29) is 11.7 Å². The second-order valence-electron chi connectivity index (χ2n) is 6.35. The van der Waals surface area contributed by atoms with Crippen molar-refractivity contribution in [2.75, 3.05) is 11.1 Å². The molecule has 0 aliphatic heterocycles. The Morgan fingerprint density at radius 2 is 1.96 bits per heavy atom. The third kappa shape index (κ3) is 5.68. The van der Waals surface area contributed by atoms with Crippen molar-refractivity contribution in [2.24, 2.45) is 0 Å². The van der Waals surface area contributed by atoms with Crippen LogP contribution >= 0.6 is 27.7 Å². The van der Waals surface area contributed by atoms with E-state index in [1.807, 2.05) is 48.5 Å². The highest BCUT2D eigenvalue weighted by atomic mass is 79.9. The summed E-state index contributed by atoms with van der Waals surface area (Å²) in [7, 11) is 0. The molecule has 0 radical (unpaired) electrons. The normalized spacial score (nSPS) is 11.0. The zero-order valence-electron chi connectivity index (χ0n) is 15.1. The number of hydrogen-bond donors (Lipinski definition) is 1. The van der Waals surface area contributed by atoms with Crippen molar-refractivity contribution in [2.45, 2.75) is 31.4 Å². The second kappa shape index (κ2) is 9.19. The van der Waals surface area contributed by atoms with Gasteiger partial charge in [0, 0.05) is 10.2 Å². The first kappa shape index (κ1) is 19.6. The van der Waals surface area contributed by atoms with Gasteiger partial charge in [-0.3, -0.25) is 4.79 Å². The van der Waals surface area contributed by atoms with Gasteiger partial charge in [-0.05, 0) is 35.2 Å². The molecular formula is C20H20BrN3O2S. The molecule has 0 atom stereocenters. The van der Waals surface area contributed by atoms with E-state index in [0.717, 1.165) is 21.3 Å². The predicted molar refractivity (Wildman–Crippen MR) is 111 cm³/mol. The standard InChI is InChI=1S/C20H20BrN3O2S/c1-13(2)16-11-15(21)8-9-17(16)22-18(25)12-27-20-24-23-19(26-20)10-14-6-4-3-5-7-14/h3-9,11,13H,10,12H2,1-2H3,(H,22,25). The highest BCUT2D eigenvalue weighted by Gasteiger charge is 2.13. The summed E-state index contributed by atoms with van der Waals surface area (Å²) >= 11 is 4.71. The largest absolute Gasteiger partial charge is 0.416 e. The number of nitrogens with zero attached hydrogens (tertiary/aromatic N) is 2. The molecule has 0 saturated heterocycles. The van der Waals surface area contributed by atoms with E-state index in [9.17, 15) is 4.79 Å². The van der Waals surface area contributed by atoms with Crippen molar-refractivity contribution in [3.8, 4) is 0 Å². The van der Waals surface area contributed by atoms with Crippen molar-refractivity contribution in [1.29, 1.82) is 0 Å². The van der Waals surface area contributed by atoms with E-state index in [1.54, 1.807) is 0 Å². The average Bonchev–Trinajstić information content (AvgIpc) is 3.09. The summed E-state index contributed by atoms with van der Waals surface area (Å²) in [5.74, 6) is 0.952. The van der Waals surface area contributed by atoms with Gasteiger partial charge in [0.15, 0.2) is 0 Å². The zero-order valence-corrected chi connectivity index (χ0v) is 17.5. The Balaban J connectivity index is 1.56. The fourth-order valence-electron chi connectivity index (χ4n) is 2.58. The van der Waals surface area contributed by atoms with Crippen LogP contribution in [-0.4, -0.2) is 21.9 Å². The number of rotatable bonds is 7. The number of anilines is 1. The Morgan fingerprint density at radius 1 is 1.19 bits per heavy atom. The van der Waals surface area contributed by atoms with Gasteiger partial charge < -0.3 is 9.73 Å². The van der Waals surface area contributed by atoms with Crippen LogP contribution in [0.1, 0.15) is 36.8 Å². The van der Waals surface area contributed by atoms with E-state index in [1.165, 1.54) is 11.8 Å². The number of amides is 1. The van der Waals surface area contributed by atoms with Gasteiger partial charge >= 0.3 is 0 Å². The highest BCUT2D eigenvalue weighted by molar-refractivity contribution is 9.10.